The summed E-state index contributed by atoms with van der Waals surface area (Å²) < 4.78 is 5.32. The second-order valence-electron chi connectivity index (χ2n) is 4.55. The van der Waals surface area contributed by atoms with Gasteiger partial charge in [0.1, 0.15) is 17.4 Å². The Labute approximate surface area is 135 Å². The molecular weight excluding hydrogens is 325 g/mol. The van der Waals surface area contributed by atoms with E-state index < -0.39 is 11.3 Å². The molecule has 0 saturated heterocycles. The Kier molecular flexibility index (Phi) is 3.88. The quantitative estimate of drug-likeness (QED) is 0.758. The van der Waals surface area contributed by atoms with Crippen LogP contribution in [0.2, 0.25) is 10.0 Å². The molecule has 0 aliphatic carbocycles. The number of benzene rings is 2. The second kappa shape index (κ2) is 5.83. The number of carbonyl (C=O) groups is 1. The normalized spacial score (nSPS) is 10.6. The summed E-state index contributed by atoms with van der Waals surface area (Å²) in [5, 5.41) is 3.65. The summed E-state index contributed by atoms with van der Waals surface area (Å²) in [6, 6.07) is 11.4. The predicted molar refractivity (Wildman–Crippen MR) is 86.9 cm³/mol. The minimum absolute atomic E-state index is 0.0929. The minimum Gasteiger partial charge on any atom is -0.463 e. The SMILES string of the molecule is O=C(Nc1ccc(Cl)cc1Cl)c1coc2ccccc2c1=O. The van der Waals surface area contributed by atoms with Gasteiger partial charge in [-0.15, -0.1) is 0 Å². The van der Waals surface area contributed by atoms with Gasteiger partial charge in [0.2, 0.25) is 5.43 Å². The van der Waals surface area contributed by atoms with E-state index in [4.69, 9.17) is 27.6 Å². The van der Waals surface area contributed by atoms with Crippen molar-refractivity contribution in [3.8, 4) is 0 Å². The molecule has 3 rings (SSSR count). The van der Waals surface area contributed by atoms with Gasteiger partial charge in [-0.3, -0.25) is 9.59 Å². The molecule has 0 unspecified atom stereocenters. The van der Waals surface area contributed by atoms with E-state index in [2.05, 4.69) is 5.32 Å². The summed E-state index contributed by atoms with van der Waals surface area (Å²) in [7, 11) is 0. The van der Waals surface area contributed by atoms with Crippen molar-refractivity contribution in [1.82, 2.24) is 0 Å². The van der Waals surface area contributed by atoms with Gasteiger partial charge in [0, 0.05) is 5.02 Å². The molecule has 0 saturated carbocycles. The van der Waals surface area contributed by atoms with Gasteiger partial charge in [-0.25, -0.2) is 0 Å². The van der Waals surface area contributed by atoms with Crippen LogP contribution in [0.15, 0.2) is 57.9 Å². The summed E-state index contributed by atoms with van der Waals surface area (Å²) in [6.07, 6.45) is 1.14. The third-order valence-corrected chi connectivity index (χ3v) is 3.65. The standard InChI is InChI=1S/C16H9Cl2NO3/c17-9-5-6-13(12(18)7-9)19-16(21)11-8-22-14-4-2-1-3-10(14)15(11)20/h1-8H,(H,19,21). The number of rotatable bonds is 2. The number of fused-ring (bicyclic) bond motifs is 1. The topological polar surface area (TPSA) is 59.3 Å². The molecule has 1 amide bonds. The summed E-state index contributed by atoms with van der Waals surface area (Å²) in [6.45, 7) is 0. The van der Waals surface area contributed by atoms with Crippen LogP contribution in [-0.4, -0.2) is 5.91 Å². The first kappa shape index (κ1) is 14.6. The third-order valence-electron chi connectivity index (χ3n) is 3.10. The fraction of sp³-hybridized carbons (Fsp3) is 0. The number of anilines is 1. The van der Waals surface area contributed by atoms with Gasteiger partial charge in [0.15, 0.2) is 0 Å². The van der Waals surface area contributed by atoms with E-state index in [1.54, 1.807) is 36.4 Å². The summed E-state index contributed by atoms with van der Waals surface area (Å²) in [5.41, 5.74) is 0.298. The van der Waals surface area contributed by atoms with Gasteiger partial charge < -0.3 is 9.73 Å². The Hall–Kier alpha value is -2.30. The van der Waals surface area contributed by atoms with E-state index in [0.717, 1.165) is 6.26 Å². The minimum atomic E-state index is -0.594. The predicted octanol–water partition coefficient (Wildman–Crippen LogP) is 4.35. The zero-order chi connectivity index (χ0) is 15.7. The van der Waals surface area contributed by atoms with Crippen LogP contribution in [0.4, 0.5) is 5.69 Å². The molecule has 2 aromatic carbocycles. The summed E-state index contributed by atoms with van der Waals surface area (Å²) in [4.78, 5) is 24.6. The van der Waals surface area contributed by atoms with Crippen molar-refractivity contribution < 1.29 is 9.21 Å². The van der Waals surface area contributed by atoms with Gasteiger partial charge in [-0.2, -0.15) is 0 Å². The van der Waals surface area contributed by atoms with E-state index in [-0.39, 0.29) is 10.6 Å². The molecule has 0 radical (unpaired) electrons. The fourth-order valence-corrected chi connectivity index (χ4v) is 2.47. The summed E-state index contributed by atoms with van der Waals surface area (Å²) >= 11 is 11.8. The van der Waals surface area contributed by atoms with Crippen LogP contribution in [0.3, 0.4) is 0 Å². The van der Waals surface area contributed by atoms with Crippen molar-refractivity contribution in [1.29, 1.82) is 0 Å². The van der Waals surface area contributed by atoms with E-state index in [1.807, 2.05) is 0 Å². The lowest BCUT2D eigenvalue weighted by atomic mass is 10.1. The first-order chi connectivity index (χ1) is 10.6. The smallest absolute Gasteiger partial charge is 0.262 e. The maximum Gasteiger partial charge on any atom is 0.262 e. The van der Waals surface area contributed by atoms with Gasteiger partial charge >= 0.3 is 0 Å². The second-order valence-corrected chi connectivity index (χ2v) is 5.40. The van der Waals surface area contributed by atoms with Crippen LogP contribution in [0.5, 0.6) is 0 Å². The number of hydrogen-bond donors (Lipinski definition) is 1. The monoisotopic (exact) mass is 333 g/mol. The molecule has 4 nitrogen and oxygen atoms in total. The first-order valence-corrected chi connectivity index (χ1v) is 7.09. The Balaban J connectivity index is 1.99. The highest BCUT2D eigenvalue weighted by Crippen LogP contribution is 2.25. The molecule has 0 atom stereocenters. The molecular formula is C16H9Cl2NO3. The van der Waals surface area contributed by atoms with Crippen LogP contribution < -0.4 is 10.7 Å². The van der Waals surface area contributed by atoms with E-state index in [1.165, 1.54) is 6.07 Å². The van der Waals surface area contributed by atoms with Crippen molar-refractivity contribution in [2.24, 2.45) is 0 Å². The largest absolute Gasteiger partial charge is 0.463 e. The van der Waals surface area contributed by atoms with E-state index in [9.17, 15) is 9.59 Å². The number of halogens is 2. The first-order valence-electron chi connectivity index (χ1n) is 6.33. The van der Waals surface area contributed by atoms with Gasteiger partial charge in [-0.1, -0.05) is 35.3 Å². The lowest BCUT2D eigenvalue weighted by Gasteiger charge is -2.07. The van der Waals surface area contributed by atoms with Crippen LogP contribution in [0.25, 0.3) is 11.0 Å². The fourth-order valence-electron chi connectivity index (χ4n) is 2.02. The summed E-state index contributed by atoms with van der Waals surface area (Å²) in [5.74, 6) is -0.594. The number of para-hydroxylation sites is 1. The molecule has 0 fully saturated rings. The van der Waals surface area contributed by atoms with Crippen molar-refractivity contribution in [3.05, 3.63) is 74.6 Å². The van der Waals surface area contributed by atoms with Gasteiger partial charge in [0.05, 0.1) is 16.1 Å². The van der Waals surface area contributed by atoms with Crippen LogP contribution in [0.1, 0.15) is 10.4 Å². The number of hydrogen-bond acceptors (Lipinski definition) is 3. The Morgan fingerprint density at radius 3 is 2.64 bits per heavy atom. The molecule has 110 valence electrons. The molecule has 22 heavy (non-hydrogen) atoms. The van der Waals surface area contributed by atoms with Crippen molar-refractivity contribution in [2.75, 3.05) is 5.32 Å². The highest BCUT2D eigenvalue weighted by molar-refractivity contribution is 6.36. The molecule has 3 aromatic rings. The van der Waals surface area contributed by atoms with Crippen molar-refractivity contribution >= 4 is 45.8 Å². The number of nitrogens with one attached hydrogen (secondary N) is 1. The Morgan fingerprint density at radius 1 is 1.09 bits per heavy atom. The number of carbonyl (C=O) groups excluding carboxylic acids is 1. The zero-order valence-corrected chi connectivity index (χ0v) is 12.6. The van der Waals surface area contributed by atoms with Crippen molar-refractivity contribution in [3.63, 3.8) is 0 Å². The van der Waals surface area contributed by atoms with Crippen LogP contribution >= 0.6 is 23.2 Å². The molecule has 1 heterocycles. The molecule has 0 aliphatic rings. The van der Waals surface area contributed by atoms with E-state index >= 15 is 0 Å². The molecule has 1 aromatic heterocycles. The average molecular weight is 334 g/mol. The van der Waals surface area contributed by atoms with E-state index in [0.29, 0.717) is 21.7 Å². The molecule has 0 aliphatic heterocycles. The van der Waals surface area contributed by atoms with Crippen LogP contribution in [-0.2, 0) is 0 Å². The van der Waals surface area contributed by atoms with Gasteiger partial charge in [-0.05, 0) is 30.3 Å². The zero-order valence-electron chi connectivity index (χ0n) is 11.1. The molecule has 1 N–H and O–H groups in total. The lowest BCUT2D eigenvalue weighted by Crippen LogP contribution is -2.21. The molecule has 0 spiro atoms. The maximum atomic E-state index is 12.3. The Morgan fingerprint density at radius 2 is 1.86 bits per heavy atom. The van der Waals surface area contributed by atoms with Crippen molar-refractivity contribution in [2.45, 2.75) is 0 Å². The Bertz CT molecular complexity index is 934. The van der Waals surface area contributed by atoms with Gasteiger partial charge in [0.25, 0.3) is 5.91 Å². The average Bonchev–Trinajstić information content (AvgIpc) is 2.50. The maximum absolute atomic E-state index is 12.3. The highest BCUT2D eigenvalue weighted by atomic mass is 35.5. The lowest BCUT2D eigenvalue weighted by molar-refractivity contribution is 0.102. The van der Waals surface area contributed by atoms with Crippen LogP contribution in [0, 0.1) is 0 Å². The molecule has 0 bridgehead atoms. The third kappa shape index (κ3) is 2.71. The highest BCUT2D eigenvalue weighted by Gasteiger charge is 2.15. The number of amides is 1. The molecule has 6 heteroatoms.